The van der Waals surface area contributed by atoms with Crippen molar-refractivity contribution in [2.75, 3.05) is 19.5 Å². The molecule has 0 spiro atoms. The first-order valence-electron chi connectivity index (χ1n) is 8.29. The molecule has 134 valence electrons. The number of benzene rings is 3. The topological polar surface area (TPSA) is 47.6 Å². The maximum absolute atomic E-state index is 12.5. The monoisotopic (exact) mass is 367 g/mol. The molecule has 0 saturated carbocycles. The summed E-state index contributed by atoms with van der Waals surface area (Å²) in [6.07, 6.45) is 0. The molecule has 0 aromatic heterocycles. The zero-order valence-electron chi connectivity index (χ0n) is 15.0. The van der Waals surface area contributed by atoms with Gasteiger partial charge in [0.25, 0.3) is 0 Å². The smallest absolute Gasteiger partial charge is 0.237 e. The quantitative estimate of drug-likeness (QED) is 0.625. The Morgan fingerprint density at radius 3 is 2.38 bits per heavy atom. The number of hydrogen-bond donors (Lipinski definition) is 1. The van der Waals surface area contributed by atoms with Gasteiger partial charge in [0.05, 0.1) is 19.5 Å². The van der Waals surface area contributed by atoms with E-state index in [4.69, 9.17) is 9.47 Å². The first kappa shape index (κ1) is 18.1. The van der Waals surface area contributed by atoms with Crippen LogP contribution in [0, 0.1) is 0 Å². The molecule has 26 heavy (non-hydrogen) atoms. The van der Waals surface area contributed by atoms with Crippen molar-refractivity contribution in [2.45, 2.75) is 17.1 Å². The van der Waals surface area contributed by atoms with Crippen LogP contribution < -0.4 is 14.8 Å². The number of hydrogen-bond acceptors (Lipinski definition) is 4. The molecular weight excluding hydrogens is 346 g/mol. The average molecular weight is 367 g/mol. The number of fused-ring (bicyclic) bond motifs is 1. The number of nitrogens with one attached hydrogen (secondary N) is 1. The predicted molar refractivity (Wildman–Crippen MR) is 107 cm³/mol. The fraction of sp³-hybridized carbons (Fsp3) is 0.190. The Kier molecular flexibility index (Phi) is 5.68. The second-order valence-corrected chi connectivity index (χ2v) is 7.24. The van der Waals surface area contributed by atoms with E-state index >= 15 is 0 Å². The van der Waals surface area contributed by atoms with Gasteiger partial charge in [0.2, 0.25) is 5.91 Å². The molecule has 0 bridgehead atoms. The standard InChI is InChI=1S/C21H21NO3S/c1-14(26-18-10-11-19(24-2)20(13-18)25-3)21(23)22-17-9-8-15-6-4-5-7-16(15)12-17/h4-14H,1-3H3,(H,22,23)/t14-/m1/s1. The highest BCUT2D eigenvalue weighted by atomic mass is 32.2. The number of ether oxygens (including phenoxy) is 2. The van der Waals surface area contributed by atoms with Crippen molar-refractivity contribution in [2.24, 2.45) is 0 Å². The molecule has 1 atom stereocenters. The third kappa shape index (κ3) is 4.11. The van der Waals surface area contributed by atoms with E-state index in [2.05, 4.69) is 11.4 Å². The van der Waals surface area contributed by atoms with Gasteiger partial charge < -0.3 is 14.8 Å². The van der Waals surface area contributed by atoms with Gasteiger partial charge in [0, 0.05) is 10.6 Å². The van der Waals surface area contributed by atoms with Gasteiger partial charge in [-0.05, 0) is 48.0 Å². The number of methoxy groups -OCH3 is 2. The molecule has 0 heterocycles. The van der Waals surface area contributed by atoms with Crippen LogP contribution >= 0.6 is 11.8 Å². The van der Waals surface area contributed by atoms with Gasteiger partial charge in [-0.2, -0.15) is 0 Å². The largest absolute Gasteiger partial charge is 0.493 e. The molecule has 0 fully saturated rings. The zero-order valence-corrected chi connectivity index (χ0v) is 15.8. The van der Waals surface area contributed by atoms with E-state index in [1.807, 2.05) is 61.5 Å². The van der Waals surface area contributed by atoms with Gasteiger partial charge in [0.1, 0.15) is 0 Å². The molecule has 1 N–H and O–H groups in total. The summed E-state index contributed by atoms with van der Waals surface area (Å²) in [5.41, 5.74) is 0.800. The highest BCUT2D eigenvalue weighted by Crippen LogP contribution is 2.33. The molecule has 3 aromatic carbocycles. The summed E-state index contributed by atoms with van der Waals surface area (Å²) in [6, 6.07) is 19.6. The van der Waals surface area contributed by atoms with Crippen molar-refractivity contribution in [1.29, 1.82) is 0 Å². The Balaban J connectivity index is 1.69. The molecular formula is C21H21NO3S. The average Bonchev–Trinajstić information content (AvgIpc) is 2.67. The minimum atomic E-state index is -0.250. The van der Waals surface area contributed by atoms with Crippen molar-refractivity contribution in [3.63, 3.8) is 0 Å². The van der Waals surface area contributed by atoms with Gasteiger partial charge >= 0.3 is 0 Å². The van der Waals surface area contributed by atoms with E-state index in [0.29, 0.717) is 11.5 Å². The van der Waals surface area contributed by atoms with Gasteiger partial charge in [-0.1, -0.05) is 30.3 Å². The Morgan fingerprint density at radius 1 is 0.923 bits per heavy atom. The third-order valence-electron chi connectivity index (χ3n) is 4.05. The zero-order chi connectivity index (χ0) is 18.5. The summed E-state index contributed by atoms with van der Waals surface area (Å²) in [6.45, 7) is 1.89. The van der Waals surface area contributed by atoms with Crippen LogP contribution in [0.1, 0.15) is 6.92 Å². The highest BCUT2D eigenvalue weighted by Gasteiger charge is 2.16. The molecule has 0 saturated heterocycles. The third-order valence-corrected chi connectivity index (χ3v) is 5.15. The number of anilines is 1. The van der Waals surface area contributed by atoms with Crippen molar-refractivity contribution >= 4 is 34.1 Å². The maximum atomic E-state index is 12.5. The summed E-state index contributed by atoms with van der Waals surface area (Å²) in [5.74, 6) is 1.28. The summed E-state index contributed by atoms with van der Waals surface area (Å²) in [4.78, 5) is 13.5. The molecule has 3 aromatic rings. The van der Waals surface area contributed by atoms with Crippen LogP contribution in [0.3, 0.4) is 0 Å². The number of carbonyl (C=O) groups is 1. The summed E-state index contributed by atoms with van der Waals surface area (Å²) in [5, 5.41) is 4.99. The SMILES string of the molecule is COc1ccc(S[C@H](C)C(=O)Nc2ccc3ccccc3c2)cc1OC. The normalized spacial score (nSPS) is 11.8. The molecule has 0 aliphatic rings. The van der Waals surface area contributed by atoms with Crippen molar-refractivity contribution < 1.29 is 14.3 Å². The Labute approximate surface area is 157 Å². The lowest BCUT2D eigenvalue weighted by Gasteiger charge is -2.14. The minimum absolute atomic E-state index is 0.0416. The van der Waals surface area contributed by atoms with E-state index in [1.165, 1.54) is 11.8 Å². The molecule has 3 rings (SSSR count). The first-order chi connectivity index (χ1) is 12.6. The van der Waals surface area contributed by atoms with Crippen LogP contribution in [0.2, 0.25) is 0 Å². The Hall–Kier alpha value is -2.66. The lowest BCUT2D eigenvalue weighted by molar-refractivity contribution is -0.115. The van der Waals surface area contributed by atoms with Crippen LogP contribution in [0.4, 0.5) is 5.69 Å². The van der Waals surface area contributed by atoms with Crippen LogP contribution in [-0.4, -0.2) is 25.4 Å². The predicted octanol–water partition coefficient (Wildman–Crippen LogP) is 4.98. The fourth-order valence-corrected chi connectivity index (χ4v) is 3.55. The van der Waals surface area contributed by atoms with Crippen LogP contribution in [0.5, 0.6) is 11.5 Å². The molecule has 1 amide bonds. The fourth-order valence-electron chi connectivity index (χ4n) is 2.66. The minimum Gasteiger partial charge on any atom is -0.493 e. The highest BCUT2D eigenvalue weighted by molar-refractivity contribution is 8.00. The van der Waals surface area contributed by atoms with Crippen LogP contribution in [-0.2, 0) is 4.79 Å². The number of amides is 1. The van der Waals surface area contributed by atoms with E-state index in [0.717, 1.165) is 21.4 Å². The maximum Gasteiger partial charge on any atom is 0.237 e. The molecule has 5 heteroatoms. The summed E-state index contributed by atoms with van der Waals surface area (Å²) in [7, 11) is 3.20. The lowest BCUT2D eigenvalue weighted by Crippen LogP contribution is -2.22. The second kappa shape index (κ2) is 8.15. The Bertz CT molecular complexity index is 926. The van der Waals surface area contributed by atoms with Crippen molar-refractivity contribution in [3.05, 3.63) is 60.7 Å². The van der Waals surface area contributed by atoms with Crippen molar-refractivity contribution in [1.82, 2.24) is 0 Å². The summed E-state index contributed by atoms with van der Waals surface area (Å²) < 4.78 is 10.6. The summed E-state index contributed by atoms with van der Waals surface area (Å²) >= 11 is 1.48. The van der Waals surface area contributed by atoms with E-state index < -0.39 is 0 Å². The van der Waals surface area contributed by atoms with Crippen LogP contribution in [0.25, 0.3) is 10.8 Å². The first-order valence-corrected chi connectivity index (χ1v) is 9.17. The van der Waals surface area contributed by atoms with Crippen molar-refractivity contribution in [3.8, 4) is 11.5 Å². The molecule has 0 unspecified atom stereocenters. The van der Waals surface area contributed by atoms with E-state index in [9.17, 15) is 4.79 Å². The number of rotatable bonds is 6. The number of thioether (sulfide) groups is 1. The van der Waals surface area contributed by atoms with Crippen LogP contribution in [0.15, 0.2) is 65.6 Å². The van der Waals surface area contributed by atoms with Gasteiger partial charge in [0.15, 0.2) is 11.5 Å². The molecule has 4 nitrogen and oxygen atoms in total. The molecule has 0 aliphatic heterocycles. The van der Waals surface area contributed by atoms with Gasteiger partial charge in [-0.15, -0.1) is 11.8 Å². The Morgan fingerprint density at radius 2 is 1.65 bits per heavy atom. The molecule has 0 aliphatic carbocycles. The second-order valence-electron chi connectivity index (χ2n) is 5.83. The van der Waals surface area contributed by atoms with E-state index in [1.54, 1.807) is 14.2 Å². The number of carbonyl (C=O) groups excluding carboxylic acids is 1. The van der Waals surface area contributed by atoms with E-state index in [-0.39, 0.29) is 11.2 Å². The molecule has 0 radical (unpaired) electrons. The van der Waals surface area contributed by atoms with Gasteiger partial charge in [-0.25, -0.2) is 0 Å². The van der Waals surface area contributed by atoms with Gasteiger partial charge in [-0.3, -0.25) is 4.79 Å². The lowest BCUT2D eigenvalue weighted by atomic mass is 10.1.